The molecule has 23 heavy (non-hydrogen) atoms. The van der Waals surface area contributed by atoms with Crippen molar-refractivity contribution in [2.24, 2.45) is 0 Å². The molecule has 0 bridgehead atoms. The van der Waals surface area contributed by atoms with Crippen LogP contribution < -0.4 is 4.74 Å². The Balaban J connectivity index is 1.86. The standard InChI is InChI=1S/C17H20FN3O2/c1-12-11-16(23-15-7-3-2-5-13(15)18)20-17(19-12)14-6-4-8-21(14)9-10-22/h2-3,5,7,11,14,22H,4,6,8-10H2,1H3. The summed E-state index contributed by atoms with van der Waals surface area (Å²) in [5, 5.41) is 9.18. The highest BCUT2D eigenvalue weighted by atomic mass is 19.1. The van der Waals surface area contributed by atoms with Gasteiger partial charge in [0.1, 0.15) is 5.82 Å². The lowest BCUT2D eigenvalue weighted by molar-refractivity contribution is 0.181. The molecule has 0 radical (unpaired) electrons. The van der Waals surface area contributed by atoms with Crippen LogP contribution in [0.1, 0.15) is 30.4 Å². The van der Waals surface area contributed by atoms with E-state index in [0.717, 1.165) is 25.1 Å². The number of nitrogens with zero attached hydrogens (tertiary/aromatic N) is 3. The zero-order chi connectivity index (χ0) is 16.2. The van der Waals surface area contributed by atoms with Gasteiger partial charge in [0.2, 0.25) is 5.88 Å². The fourth-order valence-electron chi connectivity index (χ4n) is 2.92. The number of aliphatic hydroxyl groups is 1. The van der Waals surface area contributed by atoms with Gasteiger partial charge in [-0.05, 0) is 38.4 Å². The van der Waals surface area contributed by atoms with Gasteiger partial charge in [0.25, 0.3) is 0 Å². The lowest BCUT2D eigenvalue weighted by Gasteiger charge is -2.22. The summed E-state index contributed by atoms with van der Waals surface area (Å²) in [5.74, 6) is 0.735. The monoisotopic (exact) mass is 317 g/mol. The number of hydrogen-bond donors (Lipinski definition) is 1. The smallest absolute Gasteiger partial charge is 0.222 e. The molecule has 0 spiro atoms. The van der Waals surface area contributed by atoms with Crippen LogP contribution in [0.5, 0.6) is 11.6 Å². The molecule has 1 atom stereocenters. The molecule has 5 nitrogen and oxygen atoms in total. The second kappa shape index (κ2) is 7.02. The summed E-state index contributed by atoms with van der Waals surface area (Å²) in [6, 6.07) is 8.02. The fourth-order valence-corrected chi connectivity index (χ4v) is 2.92. The number of rotatable bonds is 5. The number of aliphatic hydroxyl groups excluding tert-OH is 1. The highest BCUT2D eigenvalue weighted by Gasteiger charge is 2.28. The Hall–Kier alpha value is -2.05. The molecule has 2 aromatic rings. The molecule has 0 aliphatic carbocycles. The third-order valence-corrected chi connectivity index (χ3v) is 3.95. The van der Waals surface area contributed by atoms with Crippen LogP contribution in [0.3, 0.4) is 0 Å². The molecule has 122 valence electrons. The largest absolute Gasteiger partial charge is 0.436 e. The Bertz CT molecular complexity index is 681. The molecular weight excluding hydrogens is 297 g/mol. The van der Waals surface area contributed by atoms with E-state index in [9.17, 15) is 9.50 Å². The predicted molar refractivity (Wildman–Crippen MR) is 83.9 cm³/mol. The van der Waals surface area contributed by atoms with Crippen LogP contribution in [0.15, 0.2) is 30.3 Å². The minimum Gasteiger partial charge on any atom is -0.436 e. The lowest BCUT2D eigenvalue weighted by atomic mass is 10.2. The number of ether oxygens (including phenoxy) is 1. The summed E-state index contributed by atoms with van der Waals surface area (Å²) in [6.07, 6.45) is 1.99. The third-order valence-electron chi connectivity index (χ3n) is 3.95. The molecule has 1 fully saturated rings. The molecule has 1 N–H and O–H groups in total. The molecular formula is C17H20FN3O2. The van der Waals surface area contributed by atoms with E-state index in [0.29, 0.717) is 18.2 Å². The molecule has 1 aliphatic rings. The number of hydrogen-bond acceptors (Lipinski definition) is 5. The summed E-state index contributed by atoms with van der Waals surface area (Å²) in [6.45, 7) is 3.50. The first kappa shape index (κ1) is 15.8. The van der Waals surface area contributed by atoms with E-state index in [2.05, 4.69) is 14.9 Å². The van der Waals surface area contributed by atoms with E-state index in [4.69, 9.17) is 4.74 Å². The minimum absolute atomic E-state index is 0.0741. The van der Waals surface area contributed by atoms with Crippen LogP contribution >= 0.6 is 0 Å². The minimum atomic E-state index is -0.423. The molecule has 0 amide bonds. The Morgan fingerprint density at radius 1 is 1.35 bits per heavy atom. The van der Waals surface area contributed by atoms with Crippen molar-refractivity contribution in [3.63, 3.8) is 0 Å². The van der Waals surface area contributed by atoms with Crippen LogP contribution in [0, 0.1) is 12.7 Å². The molecule has 2 heterocycles. The van der Waals surface area contributed by atoms with Crippen molar-refractivity contribution < 1.29 is 14.2 Å². The Morgan fingerprint density at radius 3 is 2.96 bits per heavy atom. The molecule has 1 unspecified atom stereocenters. The van der Waals surface area contributed by atoms with Gasteiger partial charge in [-0.15, -0.1) is 0 Å². The molecule has 3 rings (SSSR count). The molecule has 1 aromatic heterocycles. The van der Waals surface area contributed by atoms with Crippen molar-refractivity contribution in [2.45, 2.75) is 25.8 Å². The fraction of sp³-hybridized carbons (Fsp3) is 0.412. The summed E-state index contributed by atoms with van der Waals surface area (Å²) in [5.41, 5.74) is 0.775. The van der Waals surface area contributed by atoms with Crippen LogP contribution in [-0.2, 0) is 0 Å². The molecule has 1 saturated heterocycles. The van der Waals surface area contributed by atoms with Gasteiger partial charge in [0.05, 0.1) is 12.6 Å². The number of benzene rings is 1. The number of likely N-dealkylation sites (tertiary alicyclic amines) is 1. The number of aryl methyl sites for hydroxylation is 1. The lowest BCUT2D eigenvalue weighted by Crippen LogP contribution is -2.27. The van der Waals surface area contributed by atoms with E-state index >= 15 is 0 Å². The number of β-amino-alcohol motifs (C(OH)–C–C–N with tert-alkyl or cyclic N) is 1. The van der Waals surface area contributed by atoms with E-state index in [-0.39, 0.29) is 18.4 Å². The SMILES string of the molecule is Cc1cc(Oc2ccccc2F)nc(C2CCCN2CCO)n1. The van der Waals surface area contributed by atoms with Crippen molar-refractivity contribution in [1.29, 1.82) is 0 Å². The van der Waals surface area contributed by atoms with E-state index < -0.39 is 5.82 Å². The van der Waals surface area contributed by atoms with Crippen molar-refractivity contribution >= 4 is 0 Å². The first-order valence-electron chi connectivity index (χ1n) is 7.80. The van der Waals surface area contributed by atoms with E-state index in [1.54, 1.807) is 24.3 Å². The normalized spacial score (nSPS) is 18.3. The number of aromatic nitrogens is 2. The zero-order valence-corrected chi connectivity index (χ0v) is 13.1. The maximum atomic E-state index is 13.7. The molecule has 1 aromatic carbocycles. The van der Waals surface area contributed by atoms with Gasteiger partial charge in [-0.3, -0.25) is 4.90 Å². The van der Waals surface area contributed by atoms with Gasteiger partial charge in [-0.2, -0.15) is 4.98 Å². The number of halogens is 1. The number of para-hydroxylation sites is 1. The topological polar surface area (TPSA) is 58.5 Å². The van der Waals surface area contributed by atoms with E-state index in [1.165, 1.54) is 6.07 Å². The first-order valence-corrected chi connectivity index (χ1v) is 7.80. The Labute approximate surface area is 134 Å². The van der Waals surface area contributed by atoms with Crippen LogP contribution in [-0.4, -0.2) is 39.7 Å². The molecule has 0 saturated carbocycles. The zero-order valence-electron chi connectivity index (χ0n) is 13.1. The van der Waals surface area contributed by atoms with Crippen molar-refractivity contribution in [3.8, 4) is 11.6 Å². The quantitative estimate of drug-likeness (QED) is 0.919. The molecule has 6 heteroatoms. The Morgan fingerprint density at radius 2 is 2.17 bits per heavy atom. The summed E-state index contributed by atoms with van der Waals surface area (Å²) in [7, 11) is 0. The highest BCUT2D eigenvalue weighted by Crippen LogP contribution is 2.31. The second-order valence-corrected chi connectivity index (χ2v) is 5.66. The summed E-state index contributed by atoms with van der Waals surface area (Å²) < 4.78 is 19.3. The second-order valence-electron chi connectivity index (χ2n) is 5.66. The van der Waals surface area contributed by atoms with Gasteiger partial charge in [0, 0.05) is 18.3 Å². The van der Waals surface area contributed by atoms with E-state index in [1.807, 2.05) is 6.92 Å². The van der Waals surface area contributed by atoms with Crippen molar-refractivity contribution in [1.82, 2.24) is 14.9 Å². The van der Waals surface area contributed by atoms with Gasteiger partial charge in [-0.25, -0.2) is 9.37 Å². The average Bonchev–Trinajstić information content (AvgIpc) is 2.98. The maximum Gasteiger partial charge on any atom is 0.222 e. The van der Waals surface area contributed by atoms with Gasteiger partial charge < -0.3 is 9.84 Å². The van der Waals surface area contributed by atoms with Crippen molar-refractivity contribution in [2.75, 3.05) is 19.7 Å². The van der Waals surface area contributed by atoms with Gasteiger partial charge in [0.15, 0.2) is 11.6 Å². The van der Waals surface area contributed by atoms with Crippen molar-refractivity contribution in [3.05, 3.63) is 47.7 Å². The summed E-state index contributed by atoms with van der Waals surface area (Å²) >= 11 is 0. The van der Waals surface area contributed by atoms with Crippen LogP contribution in [0.2, 0.25) is 0 Å². The van der Waals surface area contributed by atoms with Crippen LogP contribution in [0.4, 0.5) is 4.39 Å². The maximum absolute atomic E-state index is 13.7. The van der Waals surface area contributed by atoms with Gasteiger partial charge in [-0.1, -0.05) is 12.1 Å². The highest BCUT2D eigenvalue weighted by molar-refractivity contribution is 5.29. The Kier molecular flexibility index (Phi) is 4.83. The third kappa shape index (κ3) is 3.65. The van der Waals surface area contributed by atoms with Crippen LogP contribution in [0.25, 0.3) is 0 Å². The molecule has 1 aliphatic heterocycles. The average molecular weight is 317 g/mol. The summed E-state index contributed by atoms with van der Waals surface area (Å²) in [4.78, 5) is 11.1. The predicted octanol–water partition coefficient (Wildman–Crippen LogP) is 2.85. The first-order chi connectivity index (χ1) is 11.2. The van der Waals surface area contributed by atoms with Gasteiger partial charge >= 0.3 is 0 Å².